The number of allylic oxidation sites excluding steroid dienone is 6. The lowest BCUT2D eigenvalue weighted by atomic mass is 9.67. The van der Waals surface area contributed by atoms with Gasteiger partial charge in [0.15, 0.2) is 0 Å². The molecule has 2 rings (SSSR count). The van der Waals surface area contributed by atoms with Crippen LogP contribution in [0.15, 0.2) is 35.5 Å². The molecule has 15 heavy (non-hydrogen) atoms. The zero-order valence-corrected chi connectivity index (χ0v) is 10.4. The van der Waals surface area contributed by atoms with Crippen molar-refractivity contribution in [2.75, 3.05) is 0 Å². The maximum absolute atomic E-state index is 2.51. The molecule has 1 unspecified atom stereocenters. The molecule has 1 fully saturated rings. The summed E-state index contributed by atoms with van der Waals surface area (Å²) in [4.78, 5) is 0. The van der Waals surface area contributed by atoms with Crippen molar-refractivity contribution < 1.29 is 0 Å². The average molecular weight is 202 g/mol. The lowest BCUT2D eigenvalue weighted by Crippen LogP contribution is -2.28. The van der Waals surface area contributed by atoms with Gasteiger partial charge in [0.2, 0.25) is 0 Å². The monoisotopic (exact) mass is 202 g/mol. The van der Waals surface area contributed by atoms with E-state index in [1.807, 2.05) is 0 Å². The van der Waals surface area contributed by atoms with Gasteiger partial charge in [0.25, 0.3) is 0 Å². The molecule has 0 aromatic rings. The normalized spacial score (nSPS) is 30.7. The fourth-order valence-electron chi connectivity index (χ4n) is 2.39. The highest BCUT2D eigenvalue weighted by atomic mass is 14.4. The number of rotatable bonds is 0. The summed E-state index contributed by atoms with van der Waals surface area (Å²) in [6, 6.07) is 0. The van der Waals surface area contributed by atoms with E-state index in [4.69, 9.17) is 0 Å². The van der Waals surface area contributed by atoms with Crippen molar-refractivity contribution in [2.45, 2.75) is 47.0 Å². The second kappa shape index (κ2) is 3.37. The molecule has 0 aliphatic heterocycles. The van der Waals surface area contributed by atoms with Gasteiger partial charge in [0, 0.05) is 5.41 Å². The van der Waals surface area contributed by atoms with Crippen molar-refractivity contribution in [2.24, 2.45) is 10.8 Å². The number of hydrogen-bond donors (Lipinski definition) is 0. The van der Waals surface area contributed by atoms with E-state index >= 15 is 0 Å². The van der Waals surface area contributed by atoms with E-state index in [0.717, 1.165) is 0 Å². The molecule has 0 aromatic carbocycles. The van der Waals surface area contributed by atoms with Crippen molar-refractivity contribution in [1.82, 2.24) is 0 Å². The summed E-state index contributed by atoms with van der Waals surface area (Å²) < 4.78 is 0. The third-order valence-corrected chi connectivity index (χ3v) is 4.13. The lowest BCUT2D eigenvalue weighted by Gasteiger charge is -2.37. The van der Waals surface area contributed by atoms with E-state index < -0.39 is 0 Å². The van der Waals surface area contributed by atoms with Gasteiger partial charge in [-0.1, -0.05) is 52.0 Å². The molecule has 0 saturated heterocycles. The summed E-state index contributed by atoms with van der Waals surface area (Å²) in [6.45, 7) is 9.34. The zero-order valence-electron chi connectivity index (χ0n) is 10.4. The van der Waals surface area contributed by atoms with E-state index in [0.29, 0.717) is 5.41 Å². The topological polar surface area (TPSA) is 0 Å². The Morgan fingerprint density at radius 1 is 1.13 bits per heavy atom. The lowest BCUT2D eigenvalue weighted by molar-refractivity contribution is 0.227. The quantitative estimate of drug-likeness (QED) is 0.536. The fraction of sp³-hybridized carbons (Fsp3) is 0.600. The van der Waals surface area contributed by atoms with Crippen molar-refractivity contribution in [3.8, 4) is 0 Å². The SMILES string of the molecule is CC(C)(C)C1(C)C=CC=C2CCCC2=C1. The molecule has 0 heteroatoms. The zero-order chi connectivity index (χ0) is 11.1. The Morgan fingerprint density at radius 3 is 2.47 bits per heavy atom. The summed E-state index contributed by atoms with van der Waals surface area (Å²) in [5.74, 6) is 0. The smallest absolute Gasteiger partial charge is 0.00901 e. The number of hydrogen-bond acceptors (Lipinski definition) is 0. The maximum atomic E-state index is 2.51. The van der Waals surface area contributed by atoms with Gasteiger partial charge >= 0.3 is 0 Å². The van der Waals surface area contributed by atoms with Crippen LogP contribution in [-0.2, 0) is 0 Å². The van der Waals surface area contributed by atoms with Crippen LogP contribution in [0.1, 0.15) is 47.0 Å². The molecule has 0 bridgehead atoms. The molecule has 1 atom stereocenters. The second-order valence-corrected chi connectivity index (χ2v) is 6.11. The molecule has 0 radical (unpaired) electrons. The molecule has 0 aromatic heterocycles. The van der Waals surface area contributed by atoms with Crippen LogP contribution in [0.3, 0.4) is 0 Å². The second-order valence-electron chi connectivity index (χ2n) is 6.11. The Hall–Kier alpha value is -0.780. The molecule has 0 nitrogen and oxygen atoms in total. The largest absolute Gasteiger partial charge is 0.0743 e. The van der Waals surface area contributed by atoms with Gasteiger partial charge in [0.05, 0.1) is 0 Å². The highest BCUT2D eigenvalue weighted by Gasteiger charge is 2.34. The summed E-state index contributed by atoms with van der Waals surface area (Å²) in [5.41, 5.74) is 3.66. The molecule has 0 amide bonds. The van der Waals surface area contributed by atoms with E-state index in [2.05, 4.69) is 52.0 Å². The molecular formula is C15H22. The van der Waals surface area contributed by atoms with Crippen LogP contribution in [0.5, 0.6) is 0 Å². The molecule has 1 saturated carbocycles. The van der Waals surface area contributed by atoms with Crippen molar-refractivity contribution >= 4 is 0 Å². The van der Waals surface area contributed by atoms with Gasteiger partial charge in [-0.3, -0.25) is 0 Å². The summed E-state index contributed by atoms with van der Waals surface area (Å²) in [5, 5.41) is 0. The number of fused-ring (bicyclic) bond motifs is 1. The van der Waals surface area contributed by atoms with Crippen molar-refractivity contribution in [1.29, 1.82) is 0 Å². The van der Waals surface area contributed by atoms with E-state index in [1.165, 1.54) is 19.3 Å². The van der Waals surface area contributed by atoms with E-state index in [1.54, 1.807) is 11.1 Å². The molecule has 82 valence electrons. The predicted molar refractivity (Wildman–Crippen MR) is 66.7 cm³/mol. The van der Waals surface area contributed by atoms with Gasteiger partial charge < -0.3 is 0 Å². The van der Waals surface area contributed by atoms with Gasteiger partial charge in [0.1, 0.15) is 0 Å². The van der Waals surface area contributed by atoms with Crippen LogP contribution in [0.25, 0.3) is 0 Å². The molecule has 0 spiro atoms. The third-order valence-electron chi connectivity index (χ3n) is 4.13. The summed E-state index contributed by atoms with van der Waals surface area (Å²) >= 11 is 0. The van der Waals surface area contributed by atoms with Gasteiger partial charge in [-0.25, -0.2) is 0 Å². The molecule has 0 N–H and O–H groups in total. The van der Waals surface area contributed by atoms with Crippen LogP contribution in [0.2, 0.25) is 0 Å². The Morgan fingerprint density at radius 2 is 1.80 bits per heavy atom. The Bertz CT molecular complexity index is 347. The molecule has 2 aliphatic rings. The average Bonchev–Trinajstić information content (AvgIpc) is 2.45. The highest BCUT2D eigenvalue weighted by Crippen LogP contribution is 2.46. The van der Waals surface area contributed by atoms with Gasteiger partial charge in [-0.05, 0) is 35.8 Å². The van der Waals surface area contributed by atoms with Crippen LogP contribution in [0.4, 0.5) is 0 Å². The Kier molecular flexibility index (Phi) is 2.41. The minimum atomic E-state index is 0.199. The van der Waals surface area contributed by atoms with Crippen LogP contribution < -0.4 is 0 Å². The highest BCUT2D eigenvalue weighted by molar-refractivity contribution is 5.42. The third kappa shape index (κ3) is 1.82. The Balaban J connectivity index is 2.43. The maximum Gasteiger partial charge on any atom is 0.00901 e. The van der Waals surface area contributed by atoms with Gasteiger partial charge in [-0.2, -0.15) is 0 Å². The van der Waals surface area contributed by atoms with Gasteiger partial charge in [-0.15, -0.1) is 0 Å². The standard InChI is InChI=1S/C15H22/c1-14(2,3)15(4)10-6-9-12-7-5-8-13(12)11-15/h6,9-11H,5,7-8H2,1-4H3. The Labute approximate surface area is 93.8 Å². The first kappa shape index (κ1) is 10.7. The van der Waals surface area contributed by atoms with Crippen LogP contribution in [-0.4, -0.2) is 0 Å². The minimum Gasteiger partial charge on any atom is -0.0743 e. The van der Waals surface area contributed by atoms with Crippen LogP contribution in [0, 0.1) is 10.8 Å². The van der Waals surface area contributed by atoms with Crippen molar-refractivity contribution in [3.05, 3.63) is 35.5 Å². The molecule has 0 heterocycles. The van der Waals surface area contributed by atoms with Crippen LogP contribution >= 0.6 is 0 Å². The first-order chi connectivity index (χ1) is 6.92. The molecule has 2 aliphatic carbocycles. The van der Waals surface area contributed by atoms with E-state index in [-0.39, 0.29) is 5.41 Å². The first-order valence-electron chi connectivity index (χ1n) is 6.03. The minimum absolute atomic E-state index is 0.199. The van der Waals surface area contributed by atoms with E-state index in [9.17, 15) is 0 Å². The summed E-state index contributed by atoms with van der Waals surface area (Å²) in [7, 11) is 0. The fourth-order valence-corrected chi connectivity index (χ4v) is 2.39. The first-order valence-corrected chi connectivity index (χ1v) is 6.03. The van der Waals surface area contributed by atoms with Crippen molar-refractivity contribution in [3.63, 3.8) is 0 Å². The summed E-state index contributed by atoms with van der Waals surface area (Å²) in [6.07, 6.45) is 13.3. The molecular weight excluding hydrogens is 180 g/mol. The predicted octanol–water partition coefficient (Wildman–Crippen LogP) is 4.65.